The quantitative estimate of drug-likeness (QED) is 0.656. The van der Waals surface area contributed by atoms with Gasteiger partial charge in [-0.1, -0.05) is 0 Å². The highest BCUT2D eigenvalue weighted by Crippen LogP contribution is 2.09. The van der Waals surface area contributed by atoms with E-state index in [0.29, 0.717) is 5.76 Å². The first-order valence-electron chi connectivity index (χ1n) is 3.15. The molecule has 1 aromatic heterocycles. The fourth-order valence-corrected chi connectivity index (χ4v) is 0.702. The van der Waals surface area contributed by atoms with Crippen LogP contribution in [0.4, 0.5) is 0 Å². The van der Waals surface area contributed by atoms with Gasteiger partial charge < -0.3 is 9.52 Å². The summed E-state index contributed by atoms with van der Waals surface area (Å²) in [6.45, 7) is 1.85. The van der Waals surface area contributed by atoms with Gasteiger partial charge >= 0.3 is 5.97 Å². The highest BCUT2D eigenvalue weighted by atomic mass is 16.4. The minimum Gasteiger partial charge on any atom is -0.478 e. The number of carboxylic acid groups (broad SMARTS) is 1. The first-order chi connectivity index (χ1) is 5.20. The lowest BCUT2D eigenvalue weighted by atomic mass is 10.3. The number of carbonyl (C=O) groups is 1. The number of furan rings is 1. The molecule has 1 aromatic rings. The van der Waals surface area contributed by atoms with Crippen LogP contribution >= 0.6 is 0 Å². The Labute approximate surface area is 64.0 Å². The molecule has 0 aliphatic rings. The van der Waals surface area contributed by atoms with Crippen LogP contribution in [0.25, 0.3) is 6.08 Å². The lowest BCUT2D eigenvalue weighted by molar-refractivity contribution is -0.131. The van der Waals surface area contributed by atoms with Gasteiger partial charge in [-0.2, -0.15) is 0 Å². The van der Waals surface area contributed by atoms with Gasteiger partial charge in [-0.05, 0) is 24.6 Å². The molecular weight excluding hydrogens is 144 g/mol. The van der Waals surface area contributed by atoms with Crippen LogP contribution in [0.15, 0.2) is 22.8 Å². The van der Waals surface area contributed by atoms with Crippen LogP contribution in [-0.2, 0) is 4.79 Å². The molecule has 0 aromatic carbocycles. The molecule has 11 heavy (non-hydrogen) atoms. The predicted octanol–water partition coefficient (Wildman–Crippen LogP) is 1.69. The molecule has 0 aliphatic heterocycles. The van der Waals surface area contributed by atoms with Crippen molar-refractivity contribution in [3.05, 3.63) is 29.7 Å². The third kappa shape index (κ3) is 1.97. The Morgan fingerprint density at radius 1 is 1.73 bits per heavy atom. The van der Waals surface area contributed by atoms with E-state index in [0.717, 1.165) is 11.6 Å². The predicted molar refractivity (Wildman–Crippen MR) is 40.1 cm³/mol. The van der Waals surface area contributed by atoms with Crippen molar-refractivity contribution >= 4 is 12.0 Å². The normalized spacial score (nSPS) is 10.6. The van der Waals surface area contributed by atoms with E-state index in [4.69, 9.17) is 9.52 Å². The number of hydrogen-bond donors (Lipinski definition) is 1. The van der Waals surface area contributed by atoms with Gasteiger partial charge in [0.15, 0.2) is 0 Å². The summed E-state index contributed by atoms with van der Waals surface area (Å²) in [6, 6.07) is 1.78. The van der Waals surface area contributed by atoms with Gasteiger partial charge in [-0.15, -0.1) is 0 Å². The summed E-state index contributed by atoms with van der Waals surface area (Å²) in [6.07, 6.45) is 4.00. The molecule has 0 unspecified atom stereocenters. The lowest BCUT2D eigenvalue weighted by Crippen LogP contribution is -1.85. The van der Waals surface area contributed by atoms with Crippen molar-refractivity contribution in [1.82, 2.24) is 0 Å². The molecule has 0 atom stereocenters. The maximum atomic E-state index is 10.1. The van der Waals surface area contributed by atoms with Gasteiger partial charge in [0.1, 0.15) is 5.76 Å². The second-order valence-electron chi connectivity index (χ2n) is 2.14. The SMILES string of the molecule is Cc1ccoc1/C=C/C(=O)O. The minimum atomic E-state index is -0.971. The smallest absolute Gasteiger partial charge is 0.328 e. The van der Waals surface area contributed by atoms with Gasteiger partial charge in [0.25, 0.3) is 0 Å². The first kappa shape index (κ1) is 7.60. The van der Waals surface area contributed by atoms with Crippen molar-refractivity contribution in [2.45, 2.75) is 6.92 Å². The van der Waals surface area contributed by atoms with Gasteiger partial charge in [0.2, 0.25) is 0 Å². The standard InChI is InChI=1S/C8H8O3/c1-6-4-5-11-7(6)2-3-8(9)10/h2-5H,1H3,(H,9,10)/b3-2+. The summed E-state index contributed by atoms with van der Waals surface area (Å²) < 4.78 is 4.96. The topological polar surface area (TPSA) is 50.4 Å². The van der Waals surface area contributed by atoms with E-state index >= 15 is 0 Å². The van der Waals surface area contributed by atoms with Crippen LogP contribution in [0.3, 0.4) is 0 Å². The van der Waals surface area contributed by atoms with E-state index in [1.807, 2.05) is 6.92 Å². The molecule has 58 valence electrons. The molecule has 0 saturated carbocycles. The van der Waals surface area contributed by atoms with Crippen LogP contribution in [-0.4, -0.2) is 11.1 Å². The van der Waals surface area contributed by atoms with E-state index in [1.165, 1.54) is 12.3 Å². The Kier molecular flexibility index (Phi) is 2.11. The van der Waals surface area contributed by atoms with E-state index in [2.05, 4.69) is 0 Å². The molecular formula is C8H8O3. The van der Waals surface area contributed by atoms with Crippen LogP contribution < -0.4 is 0 Å². The molecule has 0 aliphatic carbocycles. The van der Waals surface area contributed by atoms with E-state index < -0.39 is 5.97 Å². The second kappa shape index (κ2) is 3.05. The average Bonchev–Trinajstić information content (AvgIpc) is 2.31. The number of hydrogen-bond acceptors (Lipinski definition) is 2. The number of aliphatic carboxylic acids is 1. The molecule has 0 radical (unpaired) electrons. The Morgan fingerprint density at radius 2 is 2.45 bits per heavy atom. The molecule has 3 heteroatoms. The molecule has 0 amide bonds. The summed E-state index contributed by atoms with van der Waals surface area (Å²) in [5.41, 5.74) is 0.933. The summed E-state index contributed by atoms with van der Waals surface area (Å²) in [4.78, 5) is 10.1. The zero-order valence-electron chi connectivity index (χ0n) is 6.07. The fraction of sp³-hybridized carbons (Fsp3) is 0.125. The van der Waals surface area contributed by atoms with Gasteiger partial charge in [-0.3, -0.25) is 0 Å². The minimum absolute atomic E-state index is 0.590. The molecule has 1 rings (SSSR count). The van der Waals surface area contributed by atoms with E-state index in [9.17, 15) is 4.79 Å². The molecule has 0 fully saturated rings. The highest BCUT2D eigenvalue weighted by Gasteiger charge is 1.96. The first-order valence-corrected chi connectivity index (χ1v) is 3.15. The van der Waals surface area contributed by atoms with Crippen LogP contribution in [0, 0.1) is 6.92 Å². The highest BCUT2D eigenvalue weighted by molar-refractivity contribution is 5.84. The zero-order chi connectivity index (χ0) is 8.27. The van der Waals surface area contributed by atoms with Gasteiger partial charge in [-0.25, -0.2) is 4.79 Å². The number of rotatable bonds is 2. The van der Waals surface area contributed by atoms with Crippen LogP contribution in [0.1, 0.15) is 11.3 Å². The van der Waals surface area contributed by atoms with Crippen LogP contribution in [0.2, 0.25) is 0 Å². The Morgan fingerprint density at radius 3 is 2.91 bits per heavy atom. The van der Waals surface area contributed by atoms with Crippen molar-refractivity contribution in [2.75, 3.05) is 0 Å². The summed E-state index contributed by atoms with van der Waals surface area (Å²) in [7, 11) is 0. The van der Waals surface area contributed by atoms with E-state index in [-0.39, 0.29) is 0 Å². The maximum Gasteiger partial charge on any atom is 0.328 e. The third-order valence-electron chi connectivity index (χ3n) is 1.28. The third-order valence-corrected chi connectivity index (χ3v) is 1.28. The molecule has 0 bridgehead atoms. The summed E-state index contributed by atoms with van der Waals surface area (Å²) >= 11 is 0. The zero-order valence-corrected chi connectivity index (χ0v) is 6.07. The number of carboxylic acids is 1. The molecule has 1 N–H and O–H groups in total. The summed E-state index contributed by atoms with van der Waals surface area (Å²) in [5, 5.41) is 8.27. The molecule has 3 nitrogen and oxygen atoms in total. The number of aryl methyl sites for hydroxylation is 1. The fourth-order valence-electron chi connectivity index (χ4n) is 0.702. The van der Waals surface area contributed by atoms with Crippen molar-refractivity contribution in [1.29, 1.82) is 0 Å². The van der Waals surface area contributed by atoms with Crippen molar-refractivity contribution < 1.29 is 14.3 Å². The lowest BCUT2D eigenvalue weighted by Gasteiger charge is -1.85. The molecule has 0 saturated heterocycles. The Balaban J connectivity index is 2.79. The average molecular weight is 152 g/mol. The van der Waals surface area contributed by atoms with Gasteiger partial charge in [0, 0.05) is 6.08 Å². The second-order valence-corrected chi connectivity index (χ2v) is 2.14. The largest absolute Gasteiger partial charge is 0.478 e. The van der Waals surface area contributed by atoms with Crippen molar-refractivity contribution in [2.24, 2.45) is 0 Å². The Hall–Kier alpha value is -1.51. The maximum absolute atomic E-state index is 10.1. The summed E-state index contributed by atoms with van der Waals surface area (Å²) in [5.74, 6) is -0.381. The Bertz CT molecular complexity index is 283. The van der Waals surface area contributed by atoms with Gasteiger partial charge in [0.05, 0.1) is 6.26 Å². The molecule has 0 spiro atoms. The van der Waals surface area contributed by atoms with E-state index in [1.54, 1.807) is 6.07 Å². The van der Waals surface area contributed by atoms with Crippen molar-refractivity contribution in [3.8, 4) is 0 Å². The van der Waals surface area contributed by atoms with Crippen LogP contribution in [0.5, 0.6) is 0 Å². The molecule has 1 heterocycles. The van der Waals surface area contributed by atoms with Crippen molar-refractivity contribution in [3.63, 3.8) is 0 Å². The monoisotopic (exact) mass is 152 g/mol.